The number of aliphatic hydroxyl groups excluding tert-OH is 1. The lowest BCUT2D eigenvalue weighted by Gasteiger charge is -2.03. The molecule has 1 N–H and O–H groups in total. The summed E-state index contributed by atoms with van der Waals surface area (Å²) in [4.78, 5) is 0. The molecule has 0 unspecified atom stereocenters. The lowest BCUT2D eigenvalue weighted by molar-refractivity contribution is 0.223. The molecule has 0 saturated carbocycles. The highest BCUT2D eigenvalue weighted by molar-refractivity contribution is 4.98. The highest BCUT2D eigenvalue weighted by Crippen LogP contribution is 2.03. The fourth-order valence-electron chi connectivity index (χ4n) is 0.845. The fourth-order valence-corrected chi connectivity index (χ4v) is 0.845. The van der Waals surface area contributed by atoms with Crippen molar-refractivity contribution in [2.24, 2.45) is 0 Å². The van der Waals surface area contributed by atoms with Crippen molar-refractivity contribution in [1.82, 2.24) is 0 Å². The Morgan fingerprint density at radius 3 is 2.73 bits per heavy atom. The SMILES string of the molecule is C=C(C)C[C@@H](O)/C=C/CCC. The van der Waals surface area contributed by atoms with Crippen molar-refractivity contribution >= 4 is 0 Å². The molecule has 1 nitrogen and oxygen atoms in total. The molecule has 0 saturated heterocycles. The van der Waals surface area contributed by atoms with E-state index in [4.69, 9.17) is 0 Å². The van der Waals surface area contributed by atoms with Crippen molar-refractivity contribution in [2.45, 2.75) is 39.2 Å². The molecule has 0 fully saturated rings. The van der Waals surface area contributed by atoms with E-state index in [9.17, 15) is 5.11 Å². The molecule has 0 heterocycles. The number of allylic oxidation sites excluding steroid dienone is 1. The smallest absolute Gasteiger partial charge is 0.0757 e. The molecule has 0 aliphatic carbocycles. The van der Waals surface area contributed by atoms with Gasteiger partial charge in [0.1, 0.15) is 0 Å². The van der Waals surface area contributed by atoms with Gasteiger partial charge in [-0.3, -0.25) is 0 Å². The first kappa shape index (κ1) is 10.4. The van der Waals surface area contributed by atoms with Crippen LogP contribution in [0.4, 0.5) is 0 Å². The van der Waals surface area contributed by atoms with Crippen LogP contribution in [0.1, 0.15) is 33.1 Å². The maximum Gasteiger partial charge on any atom is 0.0757 e. The van der Waals surface area contributed by atoms with Gasteiger partial charge in [-0.15, -0.1) is 6.58 Å². The normalized spacial score (nSPS) is 13.7. The van der Waals surface area contributed by atoms with Gasteiger partial charge in [0.2, 0.25) is 0 Å². The fraction of sp³-hybridized carbons (Fsp3) is 0.600. The second-order valence-corrected chi connectivity index (χ2v) is 2.95. The van der Waals surface area contributed by atoms with Crippen LogP contribution in [-0.4, -0.2) is 11.2 Å². The van der Waals surface area contributed by atoms with Crippen LogP contribution in [-0.2, 0) is 0 Å². The summed E-state index contributed by atoms with van der Waals surface area (Å²) in [5.41, 5.74) is 1.03. The van der Waals surface area contributed by atoms with E-state index in [2.05, 4.69) is 13.5 Å². The first-order valence-electron chi connectivity index (χ1n) is 4.16. The summed E-state index contributed by atoms with van der Waals surface area (Å²) in [6.07, 6.45) is 6.40. The molecule has 0 spiro atoms. The third-order valence-electron chi connectivity index (χ3n) is 1.37. The van der Waals surface area contributed by atoms with Crippen LogP contribution in [0.5, 0.6) is 0 Å². The Morgan fingerprint density at radius 1 is 1.64 bits per heavy atom. The minimum Gasteiger partial charge on any atom is -0.389 e. The van der Waals surface area contributed by atoms with Crippen molar-refractivity contribution in [3.05, 3.63) is 24.3 Å². The average molecular weight is 154 g/mol. The summed E-state index contributed by atoms with van der Waals surface area (Å²) in [5.74, 6) is 0. The maximum atomic E-state index is 9.30. The Balaban J connectivity index is 3.50. The summed E-state index contributed by atoms with van der Waals surface area (Å²) in [6, 6.07) is 0. The molecule has 0 aromatic heterocycles. The number of aliphatic hydroxyl groups is 1. The molecule has 0 aromatic rings. The first-order chi connectivity index (χ1) is 5.16. The van der Waals surface area contributed by atoms with Gasteiger partial charge in [0, 0.05) is 0 Å². The molecule has 64 valence electrons. The van der Waals surface area contributed by atoms with Gasteiger partial charge in [-0.1, -0.05) is 31.1 Å². The van der Waals surface area contributed by atoms with Gasteiger partial charge in [0.05, 0.1) is 6.10 Å². The lowest BCUT2D eigenvalue weighted by Crippen LogP contribution is -2.01. The van der Waals surface area contributed by atoms with Crippen LogP contribution in [0.3, 0.4) is 0 Å². The molecular formula is C10H18O. The molecule has 0 rings (SSSR count). The Hall–Kier alpha value is -0.560. The van der Waals surface area contributed by atoms with Crippen molar-refractivity contribution in [2.75, 3.05) is 0 Å². The molecule has 11 heavy (non-hydrogen) atoms. The zero-order chi connectivity index (χ0) is 8.69. The molecular weight excluding hydrogens is 136 g/mol. The third-order valence-corrected chi connectivity index (χ3v) is 1.37. The van der Waals surface area contributed by atoms with Crippen LogP contribution in [0, 0.1) is 0 Å². The van der Waals surface area contributed by atoms with Crippen LogP contribution >= 0.6 is 0 Å². The van der Waals surface area contributed by atoms with E-state index in [0.717, 1.165) is 18.4 Å². The molecule has 0 aliphatic heterocycles. The van der Waals surface area contributed by atoms with Gasteiger partial charge >= 0.3 is 0 Å². The zero-order valence-electron chi connectivity index (χ0n) is 7.51. The second-order valence-electron chi connectivity index (χ2n) is 2.95. The minimum absolute atomic E-state index is 0.334. The first-order valence-corrected chi connectivity index (χ1v) is 4.16. The standard InChI is InChI=1S/C10H18O/c1-4-5-6-7-10(11)8-9(2)3/h6-7,10-11H,2,4-5,8H2,1,3H3/b7-6+/t10-/m0/s1. The molecule has 0 amide bonds. The van der Waals surface area contributed by atoms with Crippen LogP contribution in [0.15, 0.2) is 24.3 Å². The highest BCUT2D eigenvalue weighted by Gasteiger charge is 1.96. The van der Waals surface area contributed by atoms with Crippen molar-refractivity contribution in [1.29, 1.82) is 0 Å². The molecule has 1 atom stereocenters. The molecule has 1 heteroatoms. The average Bonchev–Trinajstić information content (AvgIpc) is 1.86. The molecule has 0 aromatic carbocycles. The van der Waals surface area contributed by atoms with Gasteiger partial charge in [0.25, 0.3) is 0 Å². The van der Waals surface area contributed by atoms with Gasteiger partial charge in [-0.2, -0.15) is 0 Å². The van der Waals surface area contributed by atoms with Gasteiger partial charge in [0.15, 0.2) is 0 Å². The maximum absolute atomic E-state index is 9.30. The number of hydrogen-bond acceptors (Lipinski definition) is 1. The summed E-state index contributed by atoms with van der Waals surface area (Å²) in [5, 5.41) is 9.30. The Labute approximate surface area is 69.4 Å². The summed E-state index contributed by atoms with van der Waals surface area (Å²) in [7, 11) is 0. The predicted octanol–water partition coefficient (Wildman–Crippen LogP) is 2.67. The third kappa shape index (κ3) is 7.34. The van der Waals surface area contributed by atoms with Crippen LogP contribution in [0.25, 0.3) is 0 Å². The van der Waals surface area contributed by atoms with Crippen LogP contribution < -0.4 is 0 Å². The van der Waals surface area contributed by atoms with E-state index in [1.54, 1.807) is 0 Å². The summed E-state index contributed by atoms with van der Waals surface area (Å²) < 4.78 is 0. The van der Waals surface area contributed by atoms with E-state index in [0.29, 0.717) is 6.42 Å². The van der Waals surface area contributed by atoms with Gasteiger partial charge in [-0.25, -0.2) is 0 Å². The van der Waals surface area contributed by atoms with E-state index < -0.39 is 0 Å². The number of rotatable bonds is 5. The summed E-state index contributed by atoms with van der Waals surface area (Å²) in [6.45, 7) is 7.78. The lowest BCUT2D eigenvalue weighted by atomic mass is 10.1. The monoisotopic (exact) mass is 154 g/mol. The van der Waals surface area contributed by atoms with E-state index in [1.807, 2.05) is 19.1 Å². The summed E-state index contributed by atoms with van der Waals surface area (Å²) >= 11 is 0. The molecule has 0 bridgehead atoms. The molecule has 0 radical (unpaired) electrons. The Morgan fingerprint density at radius 2 is 2.27 bits per heavy atom. The number of hydrogen-bond donors (Lipinski definition) is 1. The highest BCUT2D eigenvalue weighted by atomic mass is 16.3. The van der Waals surface area contributed by atoms with Crippen molar-refractivity contribution < 1.29 is 5.11 Å². The minimum atomic E-state index is -0.334. The largest absolute Gasteiger partial charge is 0.389 e. The zero-order valence-corrected chi connectivity index (χ0v) is 7.51. The van der Waals surface area contributed by atoms with E-state index in [-0.39, 0.29) is 6.10 Å². The van der Waals surface area contributed by atoms with Crippen molar-refractivity contribution in [3.8, 4) is 0 Å². The van der Waals surface area contributed by atoms with Gasteiger partial charge in [-0.05, 0) is 19.8 Å². The Kier molecular flexibility index (Phi) is 5.86. The van der Waals surface area contributed by atoms with Crippen molar-refractivity contribution in [3.63, 3.8) is 0 Å². The molecule has 0 aliphatic rings. The van der Waals surface area contributed by atoms with E-state index in [1.165, 1.54) is 0 Å². The van der Waals surface area contributed by atoms with Gasteiger partial charge < -0.3 is 5.11 Å². The van der Waals surface area contributed by atoms with Crippen LogP contribution in [0.2, 0.25) is 0 Å². The number of unbranched alkanes of at least 4 members (excludes halogenated alkanes) is 1. The predicted molar refractivity (Wildman–Crippen MR) is 49.5 cm³/mol. The van der Waals surface area contributed by atoms with E-state index >= 15 is 0 Å². The second kappa shape index (κ2) is 6.17. The topological polar surface area (TPSA) is 20.2 Å². The quantitative estimate of drug-likeness (QED) is 0.604. The Bertz CT molecular complexity index is 136.